The quantitative estimate of drug-likeness (QED) is 0.577. The van der Waals surface area contributed by atoms with Gasteiger partial charge in [0.15, 0.2) is 0 Å². The molecule has 0 spiro atoms. The zero-order chi connectivity index (χ0) is 23.5. The maximum atomic E-state index is 12.9. The number of pyridine rings is 1. The maximum absolute atomic E-state index is 12.9. The predicted molar refractivity (Wildman–Crippen MR) is 120 cm³/mol. The number of sulfonamides is 1. The van der Waals surface area contributed by atoms with Crippen molar-refractivity contribution in [3.63, 3.8) is 0 Å². The largest absolute Gasteiger partial charge is 0.416 e. The lowest BCUT2D eigenvalue weighted by atomic mass is 10.1. The lowest BCUT2D eigenvalue weighted by molar-refractivity contribution is -0.137. The van der Waals surface area contributed by atoms with Crippen LogP contribution in [0.5, 0.6) is 0 Å². The number of aromatic nitrogens is 1. The molecule has 1 aliphatic heterocycles. The Hall–Kier alpha value is -3.11. The van der Waals surface area contributed by atoms with Crippen molar-refractivity contribution in [1.82, 2.24) is 9.88 Å². The predicted octanol–water partition coefficient (Wildman–Crippen LogP) is 4.22. The topological polar surface area (TPSA) is 65.5 Å². The van der Waals surface area contributed by atoms with E-state index in [0.717, 1.165) is 11.9 Å². The highest BCUT2D eigenvalue weighted by Gasteiger charge is 2.30. The van der Waals surface area contributed by atoms with Crippen LogP contribution in [0, 0.1) is 0 Å². The first-order valence-corrected chi connectivity index (χ1v) is 11.9. The number of piperazine rings is 1. The van der Waals surface area contributed by atoms with Gasteiger partial charge in [-0.2, -0.15) is 13.2 Å². The first-order valence-electron chi connectivity index (χ1n) is 10.4. The second-order valence-electron chi connectivity index (χ2n) is 7.78. The van der Waals surface area contributed by atoms with Crippen molar-refractivity contribution in [2.24, 2.45) is 0 Å². The van der Waals surface area contributed by atoms with Gasteiger partial charge in [-0.05, 0) is 35.9 Å². The number of rotatable bonds is 6. The molecule has 3 aromatic rings. The van der Waals surface area contributed by atoms with Crippen LogP contribution in [-0.2, 0) is 22.7 Å². The van der Waals surface area contributed by atoms with E-state index in [1.165, 1.54) is 30.5 Å². The highest BCUT2D eigenvalue weighted by atomic mass is 32.2. The minimum atomic E-state index is -4.35. The molecule has 0 amide bonds. The van der Waals surface area contributed by atoms with Gasteiger partial charge in [0, 0.05) is 32.7 Å². The molecule has 0 saturated carbocycles. The summed E-state index contributed by atoms with van der Waals surface area (Å²) in [6, 6.07) is 16.9. The van der Waals surface area contributed by atoms with E-state index in [4.69, 9.17) is 0 Å². The normalized spacial score (nSPS) is 15.4. The first kappa shape index (κ1) is 23.1. The van der Waals surface area contributed by atoms with Crippen molar-refractivity contribution in [3.8, 4) is 0 Å². The monoisotopic (exact) mass is 476 g/mol. The Bertz CT molecular complexity index is 1180. The average molecular weight is 477 g/mol. The summed E-state index contributed by atoms with van der Waals surface area (Å²) in [5.74, 6) is 0.719. The van der Waals surface area contributed by atoms with Gasteiger partial charge < -0.3 is 4.90 Å². The van der Waals surface area contributed by atoms with Crippen LogP contribution in [0.25, 0.3) is 0 Å². The molecule has 0 radical (unpaired) electrons. The Labute approximate surface area is 190 Å². The molecule has 2 heterocycles. The van der Waals surface area contributed by atoms with Crippen molar-refractivity contribution in [2.75, 3.05) is 35.8 Å². The van der Waals surface area contributed by atoms with Gasteiger partial charge in [-0.3, -0.25) is 9.62 Å². The highest BCUT2D eigenvalue weighted by molar-refractivity contribution is 7.92. The molecule has 10 heteroatoms. The van der Waals surface area contributed by atoms with Crippen molar-refractivity contribution >= 4 is 21.5 Å². The number of anilines is 2. The van der Waals surface area contributed by atoms with E-state index >= 15 is 0 Å². The molecule has 1 fully saturated rings. The molecule has 33 heavy (non-hydrogen) atoms. The van der Waals surface area contributed by atoms with E-state index < -0.39 is 21.8 Å². The molecule has 1 N–H and O–H groups in total. The van der Waals surface area contributed by atoms with E-state index in [1.807, 2.05) is 0 Å². The average Bonchev–Trinajstić information content (AvgIpc) is 2.80. The number of alkyl halides is 3. The van der Waals surface area contributed by atoms with E-state index in [0.29, 0.717) is 44.0 Å². The molecular weight excluding hydrogens is 453 g/mol. The van der Waals surface area contributed by atoms with Gasteiger partial charge in [-0.25, -0.2) is 13.4 Å². The SMILES string of the molecule is O=S(=O)(Nc1ccc(N2CCN(Cc3cccc(C(F)(F)F)c3)CC2)nc1)c1ccccc1. The molecule has 0 unspecified atom stereocenters. The lowest BCUT2D eigenvalue weighted by Gasteiger charge is -2.35. The van der Waals surface area contributed by atoms with E-state index in [9.17, 15) is 21.6 Å². The van der Waals surface area contributed by atoms with Crippen LogP contribution in [0.15, 0.2) is 77.8 Å². The summed E-state index contributed by atoms with van der Waals surface area (Å²) in [6.45, 7) is 3.15. The Morgan fingerprint density at radius 1 is 0.909 bits per heavy atom. The summed E-state index contributed by atoms with van der Waals surface area (Å²) in [7, 11) is -3.68. The number of benzene rings is 2. The number of hydrogen-bond acceptors (Lipinski definition) is 5. The second-order valence-corrected chi connectivity index (χ2v) is 9.47. The minimum Gasteiger partial charge on any atom is -0.354 e. The van der Waals surface area contributed by atoms with Crippen molar-refractivity contribution in [1.29, 1.82) is 0 Å². The molecule has 4 rings (SSSR count). The number of nitrogens with zero attached hydrogens (tertiary/aromatic N) is 3. The van der Waals surface area contributed by atoms with Gasteiger partial charge >= 0.3 is 6.18 Å². The van der Waals surface area contributed by atoms with Crippen LogP contribution in [0.1, 0.15) is 11.1 Å². The van der Waals surface area contributed by atoms with Gasteiger partial charge in [0.1, 0.15) is 5.82 Å². The van der Waals surface area contributed by atoms with Crippen molar-refractivity contribution in [3.05, 3.63) is 84.1 Å². The van der Waals surface area contributed by atoms with Crippen molar-refractivity contribution < 1.29 is 21.6 Å². The van der Waals surface area contributed by atoms with Crippen LogP contribution in [0.2, 0.25) is 0 Å². The van der Waals surface area contributed by atoms with E-state index in [2.05, 4.69) is 19.5 Å². The fourth-order valence-electron chi connectivity index (χ4n) is 3.69. The Balaban J connectivity index is 1.33. The summed E-state index contributed by atoms with van der Waals surface area (Å²) < 4.78 is 66.2. The Morgan fingerprint density at radius 2 is 1.64 bits per heavy atom. The molecular formula is C23H23F3N4O2S. The maximum Gasteiger partial charge on any atom is 0.416 e. The lowest BCUT2D eigenvalue weighted by Crippen LogP contribution is -2.46. The van der Waals surface area contributed by atoms with E-state index in [-0.39, 0.29) is 4.90 Å². The fraction of sp³-hybridized carbons (Fsp3) is 0.261. The summed E-state index contributed by atoms with van der Waals surface area (Å²) in [6.07, 6.45) is -2.87. The molecule has 1 aliphatic rings. The van der Waals surface area contributed by atoms with Gasteiger partial charge in [0.2, 0.25) is 0 Å². The molecule has 0 bridgehead atoms. The third-order valence-electron chi connectivity index (χ3n) is 5.41. The van der Waals surface area contributed by atoms with Gasteiger partial charge in [-0.1, -0.05) is 36.4 Å². The van der Waals surface area contributed by atoms with Crippen molar-refractivity contribution in [2.45, 2.75) is 17.6 Å². The number of hydrogen-bond donors (Lipinski definition) is 1. The Morgan fingerprint density at radius 3 is 2.27 bits per heavy atom. The molecule has 0 atom stereocenters. The molecule has 174 valence electrons. The second kappa shape index (κ2) is 9.40. The van der Waals surface area contributed by atoms with Crippen LogP contribution in [0.3, 0.4) is 0 Å². The van der Waals surface area contributed by atoms with E-state index in [1.54, 1.807) is 36.4 Å². The molecule has 0 aliphatic carbocycles. The minimum absolute atomic E-state index is 0.172. The van der Waals surface area contributed by atoms with Crippen LogP contribution in [-0.4, -0.2) is 44.5 Å². The van der Waals surface area contributed by atoms with Gasteiger partial charge in [-0.15, -0.1) is 0 Å². The summed E-state index contributed by atoms with van der Waals surface area (Å²) in [5, 5.41) is 0. The molecule has 1 aromatic heterocycles. The standard InChI is InChI=1S/C23H23F3N4O2S/c24-23(25,26)19-6-4-5-18(15-19)17-29-11-13-30(14-12-29)22-10-9-20(16-27-22)28-33(31,32)21-7-2-1-3-8-21/h1-10,15-16,28H,11-14,17H2. The van der Waals surface area contributed by atoms with Crippen LogP contribution in [0.4, 0.5) is 24.7 Å². The first-order chi connectivity index (χ1) is 15.7. The third-order valence-corrected chi connectivity index (χ3v) is 6.81. The smallest absolute Gasteiger partial charge is 0.354 e. The highest BCUT2D eigenvalue weighted by Crippen LogP contribution is 2.30. The molecule has 1 saturated heterocycles. The number of nitrogens with one attached hydrogen (secondary N) is 1. The molecule has 2 aromatic carbocycles. The van der Waals surface area contributed by atoms with Crippen LogP contribution < -0.4 is 9.62 Å². The molecule has 6 nitrogen and oxygen atoms in total. The van der Waals surface area contributed by atoms with Gasteiger partial charge in [0.25, 0.3) is 10.0 Å². The summed E-state index contributed by atoms with van der Waals surface area (Å²) >= 11 is 0. The fourth-order valence-corrected chi connectivity index (χ4v) is 4.75. The zero-order valence-corrected chi connectivity index (χ0v) is 18.5. The number of halogens is 3. The zero-order valence-electron chi connectivity index (χ0n) is 17.7. The summed E-state index contributed by atoms with van der Waals surface area (Å²) in [4.78, 5) is 8.73. The third kappa shape index (κ3) is 5.82. The summed E-state index contributed by atoms with van der Waals surface area (Å²) in [5.41, 5.74) is 0.364. The Kier molecular flexibility index (Phi) is 6.57. The van der Waals surface area contributed by atoms with Crippen LogP contribution >= 0.6 is 0 Å². The van der Waals surface area contributed by atoms with Gasteiger partial charge in [0.05, 0.1) is 22.3 Å².